The van der Waals surface area contributed by atoms with Crippen LogP contribution in [0.15, 0.2) is 24.3 Å². The molecule has 3 atom stereocenters. The van der Waals surface area contributed by atoms with E-state index in [-0.39, 0.29) is 31.2 Å². The number of aliphatic hydroxyl groups is 1. The van der Waals surface area contributed by atoms with Crippen LogP contribution in [0.4, 0.5) is 13.2 Å². The molecule has 2 aliphatic heterocycles. The zero-order valence-corrected chi connectivity index (χ0v) is 16.7. The summed E-state index contributed by atoms with van der Waals surface area (Å²) in [5.74, 6) is 7.20. The molecule has 1 aromatic carbocycles. The molecule has 1 saturated carbocycles. The van der Waals surface area contributed by atoms with Gasteiger partial charge in [0.1, 0.15) is 0 Å². The Kier molecular flexibility index (Phi) is 6.19. The molecule has 3 nitrogen and oxygen atoms in total. The van der Waals surface area contributed by atoms with Gasteiger partial charge in [0.25, 0.3) is 0 Å². The van der Waals surface area contributed by atoms with Gasteiger partial charge in [-0.2, -0.15) is 13.2 Å². The molecular weight excluding hydrogens is 377 g/mol. The largest absolute Gasteiger partial charge is 0.395 e. The van der Waals surface area contributed by atoms with Crippen molar-refractivity contribution >= 4 is 0 Å². The van der Waals surface area contributed by atoms with Gasteiger partial charge in [0, 0.05) is 42.6 Å². The molecule has 1 aliphatic carbocycles. The molecule has 29 heavy (non-hydrogen) atoms. The second kappa shape index (κ2) is 8.67. The predicted molar refractivity (Wildman–Crippen MR) is 106 cm³/mol. The first-order valence-corrected chi connectivity index (χ1v) is 10.7. The molecule has 1 aromatic rings. The van der Waals surface area contributed by atoms with Gasteiger partial charge in [0.05, 0.1) is 13.0 Å². The molecule has 6 heteroatoms. The number of nitrogens with zero attached hydrogens (tertiary/aromatic N) is 2. The second-order valence-electron chi connectivity index (χ2n) is 8.62. The zero-order chi connectivity index (χ0) is 20.4. The van der Waals surface area contributed by atoms with Gasteiger partial charge in [-0.05, 0) is 56.5 Å². The van der Waals surface area contributed by atoms with Gasteiger partial charge in [-0.25, -0.2) is 0 Å². The summed E-state index contributed by atoms with van der Waals surface area (Å²) in [5, 5.41) is 9.98. The van der Waals surface area contributed by atoms with Crippen LogP contribution >= 0.6 is 0 Å². The third-order valence-electron chi connectivity index (χ3n) is 6.46. The molecule has 4 rings (SSSR count). The fourth-order valence-electron chi connectivity index (χ4n) is 4.70. The van der Waals surface area contributed by atoms with Crippen molar-refractivity contribution in [3.8, 4) is 11.8 Å². The van der Waals surface area contributed by atoms with Crippen molar-refractivity contribution in [1.82, 2.24) is 9.80 Å². The van der Waals surface area contributed by atoms with Crippen molar-refractivity contribution in [2.45, 2.75) is 56.3 Å². The van der Waals surface area contributed by atoms with Crippen LogP contribution in [0.3, 0.4) is 0 Å². The first kappa shape index (κ1) is 20.7. The highest BCUT2D eigenvalue weighted by Gasteiger charge is 2.49. The summed E-state index contributed by atoms with van der Waals surface area (Å²) in [6, 6.07) is 8.44. The third kappa shape index (κ3) is 5.14. The molecule has 3 fully saturated rings. The topological polar surface area (TPSA) is 26.7 Å². The number of rotatable bonds is 4. The SMILES string of the molecule is OC[C@@H]1[C@H](c2ccc(C#CC3CC3)cc2)[C@H]2CN(CCC(F)(F)F)CCCCN12. The molecule has 0 bridgehead atoms. The van der Waals surface area contributed by atoms with Gasteiger partial charge in [-0.1, -0.05) is 24.0 Å². The summed E-state index contributed by atoms with van der Waals surface area (Å²) in [7, 11) is 0. The second-order valence-corrected chi connectivity index (χ2v) is 8.62. The summed E-state index contributed by atoms with van der Waals surface area (Å²) < 4.78 is 38.1. The summed E-state index contributed by atoms with van der Waals surface area (Å²) in [5.41, 5.74) is 2.15. The van der Waals surface area contributed by atoms with Crippen molar-refractivity contribution in [3.05, 3.63) is 35.4 Å². The molecule has 0 spiro atoms. The van der Waals surface area contributed by atoms with Crippen molar-refractivity contribution < 1.29 is 18.3 Å². The van der Waals surface area contributed by atoms with Gasteiger partial charge >= 0.3 is 6.18 Å². The molecule has 0 aromatic heterocycles. The maximum Gasteiger partial charge on any atom is 0.390 e. The van der Waals surface area contributed by atoms with E-state index in [0.717, 1.165) is 30.5 Å². The summed E-state index contributed by atoms with van der Waals surface area (Å²) in [6.45, 7) is 2.38. The van der Waals surface area contributed by atoms with E-state index < -0.39 is 12.6 Å². The summed E-state index contributed by atoms with van der Waals surface area (Å²) in [6.07, 6.45) is -0.619. The van der Waals surface area contributed by atoms with Crippen LogP contribution in [-0.2, 0) is 0 Å². The van der Waals surface area contributed by atoms with E-state index in [0.29, 0.717) is 19.0 Å². The Labute approximate surface area is 170 Å². The molecule has 0 amide bonds. The molecule has 0 unspecified atom stereocenters. The molecule has 2 heterocycles. The van der Waals surface area contributed by atoms with Crippen LogP contribution < -0.4 is 0 Å². The average molecular weight is 406 g/mol. The van der Waals surface area contributed by atoms with Crippen molar-refractivity contribution in [2.24, 2.45) is 5.92 Å². The van der Waals surface area contributed by atoms with Crippen LogP contribution in [0.1, 0.15) is 49.1 Å². The van der Waals surface area contributed by atoms with Crippen molar-refractivity contribution in [1.29, 1.82) is 0 Å². The maximum atomic E-state index is 12.7. The van der Waals surface area contributed by atoms with Crippen LogP contribution in [0.25, 0.3) is 0 Å². The highest BCUT2D eigenvalue weighted by atomic mass is 19.4. The Morgan fingerprint density at radius 2 is 1.79 bits per heavy atom. The Balaban J connectivity index is 1.47. The monoisotopic (exact) mass is 406 g/mol. The molecule has 0 radical (unpaired) electrons. The van der Waals surface area contributed by atoms with Crippen LogP contribution in [0.2, 0.25) is 0 Å². The van der Waals surface area contributed by atoms with Gasteiger partial charge < -0.3 is 10.0 Å². The Morgan fingerprint density at radius 3 is 2.45 bits per heavy atom. The molecule has 3 aliphatic rings. The van der Waals surface area contributed by atoms with E-state index in [1.807, 2.05) is 17.0 Å². The van der Waals surface area contributed by atoms with E-state index in [4.69, 9.17) is 0 Å². The third-order valence-corrected chi connectivity index (χ3v) is 6.46. The Bertz CT molecular complexity index is 748. The maximum absolute atomic E-state index is 12.7. The van der Waals surface area contributed by atoms with Gasteiger partial charge in [-0.3, -0.25) is 4.90 Å². The smallest absolute Gasteiger partial charge is 0.390 e. The fraction of sp³-hybridized carbons (Fsp3) is 0.652. The number of alkyl halides is 3. The number of benzene rings is 1. The van der Waals surface area contributed by atoms with Gasteiger partial charge in [0.2, 0.25) is 0 Å². The van der Waals surface area contributed by atoms with E-state index in [1.54, 1.807) is 0 Å². The first-order chi connectivity index (χ1) is 13.9. The van der Waals surface area contributed by atoms with Crippen molar-refractivity contribution in [2.75, 3.05) is 32.8 Å². The lowest BCUT2D eigenvalue weighted by Gasteiger charge is -2.57. The number of hydrogen-bond donors (Lipinski definition) is 1. The predicted octanol–water partition coefficient (Wildman–Crippen LogP) is 3.63. The van der Waals surface area contributed by atoms with Crippen molar-refractivity contribution in [3.63, 3.8) is 0 Å². The highest BCUT2D eigenvalue weighted by molar-refractivity contribution is 5.39. The van der Waals surface area contributed by atoms with E-state index >= 15 is 0 Å². The minimum Gasteiger partial charge on any atom is -0.395 e. The molecule has 158 valence electrons. The normalized spacial score (nSPS) is 28.5. The quantitative estimate of drug-likeness (QED) is 0.774. The Morgan fingerprint density at radius 1 is 1.07 bits per heavy atom. The number of aliphatic hydroxyl groups excluding tert-OH is 1. The number of halogens is 3. The molecule has 2 saturated heterocycles. The van der Waals surface area contributed by atoms with Gasteiger partial charge in [-0.15, -0.1) is 0 Å². The van der Waals surface area contributed by atoms with E-state index in [1.165, 1.54) is 12.8 Å². The lowest BCUT2D eigenvalue weighted by molar-refractivity contribution is -0.140. The standard InChI is InChI=1S/C23H29F3N2O/c24-23(25,26)11-14-27-12-1-2-13-28-20(15-27)22(21(28)16-29)19-9-7-18(8-10-19)6-5-17-3-4-17/h7-10,17,20-22,29H,1-4,11-16H2/t20-,21-,22-/m1/s1. The van der Waals surface area contributed by atoms with Crippen LogP contribution in [-0.4, -0.2) is 66.0 Å². The fourth-order valence-corrected chi connectivity index (χ4v) is 4.70. The number of hydrogen-bond acceptors (Lipinski definition) is 3. The molecule has 1 N–H and O–H groups in total. The minimum atomic E-state index is -4.12. The highest BCUT2D eigenvalue weighted by Crippen LogP contribution is 2.42. The lowest BCUT2D eigenvalue weighted by atomic mass is 9.74. The summed E-state index contributed by atoms with van der Waals surface area (Å²) in [4.78, 5) is 4.26. The van der Waals surface area contributed by atoms with E-state index in [9.17, 15) is 18.3 Å². The average Bonchev–Trinajstić information content (AvgIpc) is 3.49. The van der Waals surface area contributed by atoms with Crippen LogP contribution in [0.5, 0.6) is 0 Å². The van der Waals surface area contributed by atoms with E-state index in [2.05, 4.69) is 28.9 Å². The molecular formula is C23H29F3N2O. The first-order valence-electron chi connectivity index (χ1n) is 10.7. The lowest BCUT2D eigenvalue weighted by Crippen LogP contribution is -2.67. The van der Waals surface area contributed by atoms with Crippen LogP contribution in [0, 0.1) is 17.8 Å². The number of fused-ring (bicyclic) bond motifs is 1. The van der Waals surface area contributed by atoms with Gasteiger partial charge in [0.15, 0.2) is 0 Å². The Hall–Kier alpha value is -1.55. The summed E-state index contributed by atoms with van der Waals surface area (Å²) >= 11 is 0. The minimum absolute atomic E-state index is 0.0472. The zero-order valence-electron chi connectivity index (χ0n) is 16.7.